The number of aliphatic carboxylic acids is 1. The quantitative estimate of drug-likeness (QED) is 0.149. The van der Waals surface area contributed by atoms with E-state index in [9.17, 15) is 4.79 Å². The van der Waals surface area contributed by atoms with Gasteiger partial charge in [-0.15, -0.1) is 0 Å². The zero-order valence-corrected chi connectivity index (χ0v) is 20.8. The third-order valence-corrected chi connectivity index (χ3v) is 6.30. The van der Waals surface area contributed by atoms with Crippen molar-refractivity contribution in [3.8, 4) is 0 Å². The van der Waals surface area contributed by atoms with Gasteiger partial charge in [0.2, 0.25) is 0 Å². The number of rotatable bonds is 25. The van der Waals surface area contributed by atoms with Gasteiger partial charge in [-0.2, -0.15) is 0 Å². The van der Waals surface area contributed by atoms with E-state index >= 15 is 0 Å². The van der Waals surface area contributed by atoms with Crippen LogP contribution in [0, 0.1) is 0 Å². The number of unbranched alkanes of at least 4 members (excludes halogenated alkanes) is 18. The van der Waals surface area contributed by atoms with Crippen LogP contribution < -0.4 is 0 Å². The number of carboxylic acids is 1. The van der Waals surface area contributed by atoms with E-state index < -0.39 is 5.97 Å². The number of carboxylic acid groups (broad SMARTS) is 1. The fourth-order valence-electron chi connectivity index (χ4n) is 4.23. The van der Waals surface area contributed by atoms with Gasteiger partial charge in [0.25, 0.3) is 0 Å². The van der Waals surface area contributed by atoms with Crippen LogP contribution in [-0.2, 0) is 4.79 Å². The monoisotopic (exact) mass is 425 g/mol. The van der Waals surface area contributed by atoms with Crippen molar-refractivity contribution in [2.45, 2.75) is 149 Å². The highest BCUT2D eigenvalue weighted by Crippen LogP contribution is 2.13. The van der Waals surface area contributed by atoms with Crippen LogP contribution in [0.5, 0.6) is 0 Å². The minimum atomic E-state index is -0.661. The molecule has 0 rings (SSSR count). The van der Waals surface area contributed by atoms with Gasteiger partial charge in [-0.3, -0.25) is 4.79 Å². The van der Waals surface area contributed by atoms with Crippen LogP contribution in [0.4, 0.5) is 0 Å². The highest BCUT2D eigenvalue weighted by Gasteiger charge is 2.07. The first-order valence-corrected chi connectivity index (χ1v) is 13.6. The minimum absolute atomic E-state index is 0.287. The van der Waals surface area contributed by atoms with Gasteiger partial charge < -0.3 is 10.0 Å². The predicted molar refractivity (Wildman–Crippen MR) is 132 cm³/mol. The van der Waals surface area contributed by atoms with Crippen LogP contribution in [0.2, 0.25) is 0 Å². The van der Waals surface area contributed by atoms with E-state index in [0.29, 0.717) is 0 Å². The lowest BCUT2D eigenvalue weighted by Crippen LogP contribution is -2.28. The van der Waals surface area contributed by atoms with Gasteiger partial charge in [-0.1, -0.05) is 129 Å². The second-order valence-corrected chi connectivity index (χ2v) is 9.35. The number of carbonyl (C=O) groups is 1. The highest BCUT2D eigenvalue weighted by molar-refractivity contribution is 5.66. The molecule has 0 saturated heterocycles. The SMILES string of the molecule is CCCCCCCCCCCCCCN(CCCCCCCCCC)CCC(=O)O. The Bertz CT molecular complexity index is 346. The lowest BCUT2D eigenvalue weighted by molar-refractivity contribution is -0.137. The molecule has 0 radical (unpaired) electrons. The first kappa shape index (κ1) is 29.4. The molecule has 0 fully saturated rings. The van der Waals surface area contributed by atoms with E-state index in [-0.39, 0.29) is 6.42 Å². The molecule has 1 N–H and O–H groups in total. The van der Waals surface area contributed by atoms with Crippen LogP contribution in [0.3, 0.4) is 0 Å². The van der Waals surface area contributed by atoms with E-state index in [1.807, 2.05) is 0 Å². The van der Waals surface area contributed by atoms with Crippen molar-refractivity contribution in [3.05, 3.63) is 0 Å². The molecule has 0 bridgehead atoms. The Balaban J connectivity index is 3.62. The van der Waals surface area contributed by atoms with E-state index in [1.54, 1.807) is 0 Å². The summed E-state index contributed by atoms with van der Waals surface area (Å²) in [6.07, 6.45) is 27.5. The largest absolute Gasteiger partial charge is 0.481 e. The molecule has 0 aromatic rings. The average molecular weight is 426 g/mol. The third kappa shape index (κ3) is 23.7. The summed E-state index contributed by atoms with van der Waals surface area (Å²) in [5, 5.41) is 9.02. The molecule has 0 aliphatic heterocycles. The lowest BCUT2D eigenvalue weighted by atomic mass is 10.1. The maximum atomic E-state index is 11.0. The minimum Gasteiger partial charge on any atom is -0.481 e. The Labute approximate surface area is 189 Å². The molecular formula is C27H55NO2. The molecule has 0 aliphatic carbocycles. The van der Waals surface area contributed by atoms with Crippen molar-refractivity contribution in [3.63, 3.8) is 0 Å². The van der Waals surface area contributed by atoms with Gasteiger partial charge in [0.1, 0.15) is 0 Å². The van der Waals surface area contributed by atoms with Crippen molar-refractivity contribution >= 4 is 5.97 Å². The number of hydrogen-bond donors (Lipinski definition) is 1. The summed E-state index contributed by atoms with van der Waals surface area (Å²) in [5.74, 6) is -0.661. The maximum absolute atomic E-state index is 11.0. The Morgan fingerprint density at radius 1 is 0.500 bits per heavy atom. The normalized spacial score (nSPS) is 11.4. The Morgan fingerprint density at radius 3 is 1.10 bits per heavy atom. The zero-order chi connectivity index (χ0) is 22.1. The molecule has 30 heavy (non-hydrogen) atoms. The summed E-state index contributed by atoms with van der Waals surface area (Å²) >= 11 is 0. The molecule has 0 aromatic heterocycles. The molecule has 0 unspecified atom stereocenters. The fourth-order valence-corrected chi connectivity index (χ4v) is 4.23. The molecule has 0 heterocycles. The molecular weight excluding hydrogens is 370 g/mol. The fraction of sp³-hybridized carbons (Fsp3) is 0.963. The van der Waals surface area contributed by atoms with Gasteiger partial charge in [0.05, 0.1) is 6.42 Å². The van der Waals surface area contributed by atoms with E-state index in [2.05, 4.69) is 18.7 Å². The van der Waals surface area contributed by atoms with Crippen molar-refractivity contribution in [2.75, 3.05) is 19.6 Å². The van der Waals surface area contributed by atoms with Gasteiger partial charge in [-0.05, 0) is 25.9 Å². The lowest BCUT2D eigenvalue weighted by Gasteiger charge is -2.21. The summed E-state index contributed by atoms with van der Waals surface area (Å²) in [4.78, 5) is 13.4. The van der Waals surface area contributed by atoms with Gasteiger partial charge in [0.15, 0.2) is 0 Å². The van der Waals surface area contributed by atoms with Gasteiger partial charge in [0, 0.05) is 6.54 Å². The summed E-state index contributed by atoms with van der Waals surface area (Å²) in [7, 11) is 0. The van der Waals surface area contributed by atoms with Crippen molar-refractivity contribution in [1.82, 2.24) is 4.90 Å². The molecule has 3 heteroatoms. The molecule has 0 amide bonds. The van der Waals surface area contributed by atoms with Crippen LogP contribution in [-0.4, -0.2) is 35.6 Å². The van der Waals surface area contributed by atoms with Crippen LogP contribution in [0.15, 0.2) is 0 Å². The summed E-state index contributed by atoms with van der Waals surface area (Å²) in [5.41, 5.74) is 0. The van der Waals surface area contributed by atoms with Crippen LogP contribution in [0.1, 0.15) is 149 Å². The van der Waals surface area contributed by atoms with Gasteiger partial charge >= 0.3 is 5.97 Å². The smallest absolute Gasteiger partial charge is 0.304 e. The standard InChI is InChI=1S/C27H55NO2/c1-3-5-7-9-11-13-14-15-16-18-20-22-25-28(26-23-27(29)30)24-21-19-17-12-10-8-6-4-2/h3-26H2,1-2H3,(H,29,30). The Morgan fingerprint density at radius 2 is 0.800 bits per heavy atom. The predicted octanol–water partition coefficient (Wildman–Crippen LogP) is 8.60. The average Bonchev–Trinajstić information content (AvgIpc) is 2.73. The second kappa shape index (κ2) is 24.7. The molecule has 0 aromatic carbocycles. The maximum Gasteiger partial charge on any atom is 0.304 e. The van der Waals surface area contributed by atoms with Crippen LogP contribution >= 0.6 is 0 Å². The van der Waals surface area contributed by atoms with E-state index in [0.717, 1.165) is 19.6 Å². The van der Waals surface area contributed by atoms with Gasteiger partial charge in [-0.25, -0.2) is 0 Å². The number of nitrogens with zero attached hydrogens (tertiary/aromatic N) is 1. The molecule has 3 nitrogen and oxygen atoms in total. The van der Waals surface area contributed by atoms with E-state index in [4.69, 9.17) is 5.11 Å². The highest BCUT2D eigenvalue weighted by atomic mass is 16.4. The first-order valence-electron chi connectivity index (χ1n) is 13.6. The van der Waals surface area contributed by atoms with E-state index in [1.165, 1.54) is 128 Å². The topological polar surface area (TPSA) is 40.5 Å². The second-order valence-electron chi connectivity index (χ2n) is 9.35. The number of hydrogen-bond acceptors (Lipinski definition) is 2. The summed E-state index contributed by atoms with van der Waals surface area (Å²) in [6.45, 7) is 7.44. The Hall–Kier alpha value is -0.570. The van der Waals surface area contributed by atoms with Crippen molar-refractivity contribution < 1.29 is 9.90 Å². The molecule has 0 saturated carbocycles. The van der Waals surface area contributed by atoms with Crippen LogP contribution in [0.25, 0.3) is 0 Å². The Kier molecular flexibility index (Phi) is 24.2. The first-order chi connectivity index (χ1) is 14.7. The molecule has 0 spiro atoms. The van der Waals surface area contributed by atoms with Crippen molar-refractivity contribution in [1.29, 1.82) is 0 Å². The van der Waals surface area contributed by atoms with Crippen molar-refractivity contribution in [2.24, 2.45) is 0 Å². The molecule has 180 valence electrons. The molecule has 0 atom stereocenters. The molecule has 0 aliphatic rings. The summed E-state index contributed by atoms with van der Waals surface area (Å²) < 4.78 is 0. The zero-order valence-electron chi connectivity index (χ0n) is 20.8. The third-order valence-electron chi connectivity index (χ3n) is 6.30. The summed E-state index contributed by atoms with van der Waals surface area (Å²) in [6, 6.07) is 0.